The molecule has 2 aromatic carbocycles. The Labute approximate surface area is 120 Å². The van der Waals surface area contributed by atoms with Gasteiger partial charge in [-0.1, -0.05) is 17.7 Å². The third-order valence-corrected chi connectivity index (χ3v) is 3.13. The Balaban J connectivity index is 2.55. The van der Waals surface area contributed by atoms with Gasteiger partial charge in [-0.25, -0.2) is 4.39 Å². The zero-order valence-corrected chi connectivity index (χ0v) is 11.7. The number of ketones is 1. The summed E-state index contributed by atoms with van der Waals surface area (Å²) in [6.45, 7) is 0. The van der Waals surface area contributed by atoms with Crippen molar-refractivity contribution in [1.29, 1.82) is 0 Å². The fourth-order valence-electron chi connectivity index (χ4n) is 1.86. The van der Waals surface area contributed by atoms with Crippen LogP contribution in [0, 0.1) is 5.82 Å². The molecule has 0 bridgehead atoms. The standard InChI is InChI=1S/C15H12ClFO3/c1-19-12-4-3-5-13(20-2)14(12)15(18)9-6-7-11(17)10(16)8-9/h3-8H,1-2H3. The molecule has 2 rings (SSSR count). The number of hydrogen-bond acceptors (Lipinski definition) is 3. The first-order chi connectivity index (χ1) is 9.58. The number of carbonyl (C=O) groups excluding carboxylic acids is 1. The first-order valence-electron chi connectivity index (χ1n) is 5.79. The van der Waals surface area contributed by atoms with Gasteiger partial charge in [0, 0.05) is 5.56 Å². The lowest BCUT2D eigenvalue weighted by Gasteiger charge is -2.12. The summed E-state index contributed by atoms with van der Waals surface area (Å²) in [6.07, 6.45) is 0. The highest BCUT2D eigenvalue weighted by atomic mass is 35.5. The van der Waals surface area contributed by atoms with Crippen molar-refractivity contribution in [2.45, 2.75) is 0 Å². The van der Waals surface area contributed by atoms with E-state index >= 15 is 0 Å². The number of carbonyl (C=O) groups is 1. The van der Waals surface area contributed by atoms with Crippen molar-refractivity contribution >= 4 is 17.4 Å². The normalized spacial score (nSPS) is 10.2. The van der Waals surface area contributed by atoms with Crippen molar-refractivity contribution in [3.63, 3.8) is 0 Å². The fraction of sp³-hybridized carbons (Fsp3) is 0.133. The molecule has 0 atom stereocenters. The second-order valence-corrected chi connectivity index (χ2v) is 4.40. The smallest absolute Gasteiger partial charge is 0.200 e. The number of rotatable bonds is 4. The monoisotopic (exact) mass is 294 g/mol. The molecule has 0 aliphatic rings. The van der Waals surface area contributed by atoms with Crippen molar-refractivity contribution in [1.82, 2.24) is 0 Å². The zero-order valence-electron chi connectivity index (χ0n) is 10.9. The predicted octanol–water partition coefficient (Wildman–Crippen LogP) is 3.73. The van der Waals surface area contributed by atoms with Gasteiger partial charge in [0.15, 0.2) is 0 Å². The van der Waals surface area contributed by atoms with Crippen molar-refractivity contribution in [2.24, 2.45) is 0 Å². The van der Waals surface area contributed by atoms with Crippen LogP contribution >= 0.6 is 11.6 Å². The molecule has 0 fully saturated rings. The second-order valence-electron chi connectivity index (χ2n) is 4.00. The molecule has 0 aromatic heterocycles. The number of methoxy groups -OCH3 is 2. The molecule has 0 N–H and O–H groups in total. The van der Waals surface area contributed by atoms with Crippen LogP contribution in [0.3, 0.4) is 0 Å². The van der Waals surface area contributed by atoms with Crippen LogP contribution in [0.1, 0.15) is 15.9 Å². The maximum atomic E-state index is 13.2. The SMILES string of the molecule is COc1cccc(OC)c1C(=O)c1ccc(F)c(Cl)c1. The predicted molar refractivity (Wildman–Crippen MR) is 74.4 cm³/mol. The highest BCUT2D eigenvalue weighted by molar-refractivity contribution is 6.31. The fourth-order valence-corrected chi connectivity index (χ4v) is 2.04. The van der Waals surface area contributed by atoms with Gasteiger partial charge in [0.25, 0.3) is 0 Å². The van der Waals surface area contributed by atoms with Crippen molar-refractivity contribution in [3.8, 4) is 11.5 Å². The largest absolute Gasteiger partial charge is 0.496 e. The Morgan fingerprint density at radius 1 is 1.10 bits per heavy atom. The van der Waals surface area contributed by atoms with E-state index in [2.05, 4.69) is 0 Å². The number of halogens is 2. The van der Waals surface area contributed by atoms with Gasteiger partial charge < -0.3 is 9.47 Å². The van der Waals surface area contributed by atoms with Crippen LogP contribution in [0.5, 0.6) is 11.5 Å². The molecular weight excluding hydrogens is 283 g/mol. The number of ether oxygens (including phenoxy) is 2. The molecular formula is C15H12ClFO3. The Morgan fingerprint density at radius 3 is 2.20 bits per heavy atom. The van der Waals surface area contributed by atoms with Gasteiger partial charge in [-0.2, -0.15) is 0 Å². The van der Waals surface area contributed by atoms with E-state index in [9.17, 15) is 9.18 Å². The van der Waals surface area contributed by atoms with Crippen LogP contribution in [0.25, 0.3) is 0 Å². The molecule has 0 aliphatic carbocycles. The van der Waals surface area contributed by atoms with Crippen LogP contribution in [-0.4, -0.2) is 20.0 Å². The minimum absolute atomic E-state index is 0.107. The highest BCUT2D eigenvalue weighted by Crippen LogP contribution is 2.31. The Morgan fingerprint density at radius 2 is 1.70 bits per heavy atom. The quantitative estimate of drug-likeness (QED) is 0.806. The molecule has 0 aliphatic heterocycles. The lowest BCUT2D eigenvalue weighted by molar-refractivity contribution is 0.103. The lowest BCUT2D eigenvalue weighted by Crippen LogP contribution is -2.06. The summed E-state index contributed by atoms with van der Waals surface area (Å²) in [5.41, 5.74) is 0.541. The average Bonchev–Trinajstić information content (AvgIpc) is 2.48. The van der Waals surface area contributed by atoms with E-state index in [0.29, 0.717) is 11.5 Å². The van der Waals surface area contributed by atoms with Crippen LogP contribution in [0.15, 0.2) is 36.4 Å². The molecule has 20 heavy (non-hydrogen) atoms. The molecule has 3 nitrogen and oxygen atoms in total. The van der Waals surface area contributed by atoms with Crippen molar-refractivity contribution < 1.29 is 18.7 Å². The van der Waals surface area contributed by atoms with Crippen LogP contribution in [0.4, 0.5) is 4.39 Å². The molecule has 2 aromatic rings. The first kappa shape index (κ1) is 14.3. The minimum Gasteiger partial charge on any atom is -0.496 e. The topological polar surface area (TPSA) is 35.5 Å². The molecule has 0 saturated carbocycles. The maximum Gasteiger partial charge on any atom is 0.200 e. The van der Waals surface area contributed by atoms with Gasteiger partial charge in [-0.15, -0.1) is 0 Å². The van der Waals surface area contributed by atoms with E-state index in [-0.39, 0.29) is 21.9 Å². The Kier molecular flexibility index (Phi) is 4.25. The maximum absolute atomic E-state index is 13.2. The van der Waals surface area contributed by atoms with Crippen LogP contribution in [0.2, 0.25) is 5.02 Å². The van der Waals surface area contributed by atoms with Gasteiger partial charge >= 0.3 is 0 Å². The molecule has 0 spiro atoms. The van der Waals surface area contributed by atoms with Gasteiger partial charge in [0.1, 0.15) is 22.9 Å². The summed E-state index contributed by atoms with van der Waals surface area (Å²) in [5, 5.41) is -0.107. The Hall–Kier alpha value is -2.07. The van der Waals surface area contributed by atoms with Crippen LogP contribution < -0.4 is 9.47 Å². The molecule has 104 valence electrons. The van der Waals surface area contributed by atoms with Gasteiger partial charge in [0.2, 0.25) is 5.78 Å². The van der Waals surface area contributed by atoms with E-state index in [1.165, 1.54) is 26.4 Å². The Bertz CT molecular complexity index is 633. The summed E-state index contributed by atoms with van der Waals surface area (Å²) in [6, 6.07) is 8.83. The first-order valence-corrected chi connectivity index (χ1v) is 6.17. The highest BCUT2D eigenvalue weighted by Gasteiger charge is 2.20. The van der Waals surface area contributed by atoms with Gasteiger partial charge in [0.05, 0.1) is 19.2 Å². The zero-order chi connectivity index (χ0) is 14.7. The van der Waals surface area contributed by atoms with E-state index in [1.54, 1.807) is 18.2 Å². The third kappa shape index (κ3) is 2.60. The number of hydrogen-bond donors (Lipinski definition) is 0. The molecule has 0 unspecified atom stereocenters. The van der Waals surface area contributed by atoms with Gasteiger partial charge in [-0.05, 0) is 30.3 Å². The molecule has 0 heterocycles. The molecule has 0 saturated heterocycles. The van der Waals surface area contributed by atoms with E-state index in [4.69, 9.17) is 21.1 Å². The molecule has 5 heteroatoms. The van der Waals surface area contributed by atoms with Crippen LogP contribution in [-0.2, 0) is 0 Å². The summed E-state index contributed by atoms with van der Waals surface area (Å²) < 4.78 is 23.5. The lowest BCUT2D eigenvalue weighted by atomic mass is 10.0. The summed E-state index contributed by atoms with van der Waals surface area (Å²) in [4.78, 5) is 12.5. The second kappa shape index (κ2) is 5.92. The van der Waals surface area contributed by atoms with E-state index in [1.807, 2.05) is 0 Å². The minimum atomic E-state index is -0.574. The number of benzene rings is 2. The molecule has 0 radical (unpaired) electrons. The summed E-state index contributed by atoms with van der Waals surface area (Å²) in [7, 11) is 2.92. The summed E-state index contributed by atoms with van der Waals surface area (Å²) >= 11 is 5.70. The van der Waals surface area contributed by atoms with Crippen molar-refractivity contribution in [2.75, 3.05) is 14.2 Å². The van der Waals surface area contributed by atoms with Gasteiger partial charge in [-0.3, -0.25) is 4.79 Å². The molecule has 0 amide bonds. The average molecular weight is 295 g/mol. The third-order valence-electron chi connectivity index (χ3n) is 2.84. The van der Waals surface area contributed by atoms with Crippen molar-refractivity contribution in [3.05, 3.63) is 58.4 Å². The summed E-state index contributed by atoms with van der Waals surface area (Å²) in [5.74, 6) is -0.152. The van der Waals surface area contributed by atoms with E-state index < -0.39 is 5.82 Å². The van der Waals surface area contributed by atoms with E-state index in [0.717, 1.165) is 6.07 Å².